The molecule has 110 valence electrons. The molecule has 0 unspecified atom stereocenters. The van der Waals surface area contributed by atoms with E-state index in [1.807, 2.05) is 0 Å². The number of unbranched alkanes of at least 4 members (excludes halogenated alkanes) is 1. The second-order valence-electron chi connectivity index (χ2n) is 5.68. The lowest BCUT2D eigenvalue weighted by Gasteiger charge is -2.24. The highest BCUT2D eigenvalue weighted by Gasteiger charge is 2.13. The van der Waals surface area contributed by atoms with Crippen LogP contribution < -0.4 is 10.6 Å². The molecule has 3 heteroatoms. The maximum Gasteiger partial charge on any atom is 0.166 e. The summed E-state index contributed by atoms with van der Waals surface area (Å²) in [5.41, 5.74) is 1.43. The lowest BCUT2D eigenvalue weighted by atomic mass is 9.96. The van der Waals surface area contributed by atoms with E-state index in [1.165, 1.54) is 50.5 Å². The molecule has 20 heavy (non-hydrogen) atoms. The molecule has 1 aliphatic rings. The van der Waals surface area contributed by atoms with Crippen LogP contribution in [0.25, 0.3) is 0 Å². The van der Waals surface area contributed by atoms with Gasteiger partial charge in [0.15, 0.2) is 5.11 Å². The Labute approximate surface area is 128 Å². The van der Waals surface area contributed by atoms with E-state index in [2.05, 4.69) is 41.0 Å². The summed E-state index contributed by atoms with van der Waals surface area (Å²) in [7, 11) is 0. The molecule has 0 bridgehead atoms. The van der Waals surface area contributed by atoms with Crippen LogP contribution in [-0.2, 0) is 6.42 Å². The Morgan fingerprint density at radius 2 is 1.80 bits per heavy atom. The molecule has 2 nitrogen and oxygen atoms in total. The number of hydrogen-bond acceptors (Lipinski definition) is 1. The molecule has 0 heterocycles. The van der Waals surface area contributed by atoms with Crippen molar-refractivity contribution in [2.75, 3.05) is 6.54 Å². The smallest absolute Gasteiger partial charge is 0.166 e. The van der Waals surface area contributed by atoms with Crippen LogP contribution in [0.5, 0.6) is 0 Å². The van der Waals surface area contributed by atoms with Gasteiger partial charge in [-0.15, -0.1) is 0 Å². The summed E-state index contributed by atoms with van der Waals surface area (Å²) < 4.78 is 0. The molecule has 0 aliphatic heterocycles. The van der Waals surface area contributed by atoms with E-state index in [0.717, 1.165) is 18.1 Å². The van der Waals surface area contributed by atoms with Gasteiger partial charge >= 0.3 is 0 Å². The van der Waals surface area contributed by atoms with E-state index in [1.54, 1.807) is 0 Å². The molecular weight excluding hydrogens is 264 g/mol. The lowest BCUT2D eigenvalue weighted by molar-refractivity contribution is 0.412. The van der Waals surface area contributed by atoms with Gasteiger partial charge < -0.3 is 10.6 Å². The highest BCUT2D eigenvalue weighted by Crippen LogP contribution is 2.17. The van der Waals surface area contributed by atoms with Crippen molar-refractivity contribution in [2.45, 2.75) is 57.4 Å². The Morgan fingerprint density at radius 3 is 2.55 bits per heavy atom. The van der Waals surface area contributed by atoms with Crippen molar-refractivity contribution in [2.24, 2.45) is 0 Å². The van der Waals surface area contributed by atoms with Crippen LogP contribution in [0.2, 0.25) is 0 Å². The Balaban J connectivity index is 1.51. The van der Waals surface area contributed by atoms with Crippen LogP contribution in [0.3, 0.4) is 0 Å². The minimum absolute atomic E-state index is 0.605. The van der Waals surface area contributed by atoms with E-state index < -0.39 is 0 Å². The lowest BCUT2D eigenvalue weighted by Crippen LogP contribution is -2.42. The molecule has 0 saturated heterocycles. The van der Waals surface area contributed by atoms with Gasteiger partial charge in [-0.1, -0.05) is 49.6 Å². The molecule has 0 atom stereocenters. The van der Waals surface area contributed by atoms with Crippen LogP contribution in [0.15, 0.2) is 30.3 Å². The zero-order valence-electron chi connectivity index (χ0n) is 12.2. The highest BCUT2D eigenvalue weighted by molar-refractivity contribution is 7.80. The first-order chi connectivity index (χ1) is 9.84. The molecule has 0 amide bonds. The van der Waals surface area contributed by atoms with Gasteiger partial charge in [0.25, 0.3) is 0 Å². The predicted octanol–water partition coefficient (Wildman–Crippen LogP) is 3.81. The van der Waals surface area contributed by atoms with Gasteiger partial charge in [0.1, 0.15) is 0 Å². The normalized spacial score (nSPS) is 15.8. The van der Waals surface area contributed by atoms with E-state index in [9.17, 15) is 0 Å². The van der Waals surface area contributed by atoms with Crippen molar-refractivity contribution in [3.63, 3.8) is 0 Å². The summed E-state index contributed by atoms with van der Waals surface area (Å²) in [5.74, 6) is 0. The van der Waals surface area contributed by atoms with Crippen LogP contribution in [0.4, 0.5) is 0 Å². The van der Waals surface area contributed by atoms with Crippen molar-refractivity contribution < 1.29 is 0 Å². The summed E-state index contributed by atoms with van der Waals surface area (Å²) in [6, 6.07) is 11.3. The number of benzene rings is 1. The summed E-state index contributed by atoms with van der Waals surface area (Å²) in [6.45, 7) is 0.978. The third-order valence-electron chi connectivity index (χ3n) is 3.96. The zero-order chi connectivity index (χ0) is 14.0. The van der Waals surface area contributed by atoms with Crippen molar-refractivity contribution in [3.8, 4) is 0 Å². The largest absolute Gasteiger partial charge is 0.363 e. The molecule has 1 aliphatic carbocycles. The molecule has 1 saturated carbocycles. The third kappa shape index (κ3) is 5.91. The molecule has 2 N–H and O–H groups in total. The zero-order valence-corrected chi connectivity index (χ0v) is 13.1. The maximum atomic E-state index is 5.36. The Bertz CT molecular complexity index is 385. The fraction of sp³-hybridized carbons (Fsp3) is 0.588. The summed E-state index contributed by atoms with van der Waals surface area (Å²) in [4.78, 5) is 0. The van der Waals surface area contributed by atoms with E-state index >= 15 is 0 Å². The average Bonchev–Trinajstić information content (AvgIpc) is 2.49. The molecule has 1 aromatic carbocycles. The molecule has 1 aromatic rings. The average molecular weight is 290 g/mol. The molecule has 0 aromatic heterocycles. The second kappa shape index (κ2) is 8.96. The summed E-state index contributed by atoms with van der Waals surface area (Å²) >= 11 is 5.36. The van der Waals surface area contributed by atoms with Gasteiger partial charge in [-0.2, -0.15) is 0 Å². The van der Waals surface area contributed by atoms with Crippen LogP contribution in [0.1, 0.15) is 50.5 Å². The van der Waals surface area contributed by atoms with Crippen LogP contribution >= 0.6 is 12.2 Å². The Hall–Kier alpha value is -1.09. The minimum Gasteiger partial charge on any atom is -0.363 e. The first-order valence-corrected chi connectivity index (χ1v) is 8.34. The van der Waals surface area contributed by atoms with Crippen molar-refractivity contribution in [1.82, 2.24) is 10.6 Å². The minimum atomic E-state index is 0.605. The quantitative estimate of drug-likeness (QED) is 0.615. The fourth-order valence-electron chi connectivity index (χ4n) is 2.78. The summed E-state index contributed by atoms with van der Waals surface area (Å²) in [5, 5.41) is 7.63. The van der Waals surface area contributed by atoms with Gasteiger partial charge in [-0.25, -0.2) is 0 Å². The summed E-state index contributed by atoms with van der Waals surface area (Å²) in [6.07, 6.45) is 10.2. The van der Waals surface area contributed by atoms with E-state index in [4.69, 9.17) is 12.2 Å². The number of nitrogens with one attached hydrogen (secondary N) is 2. The number of thiocarbonyl (C=S) groups is 1. The monoisotopic (exact) mass is 290 g/mol. The molecular formula is C17H26N2S. The molecule has 2 rings (SSSR count). The first-order valence-electron chi connectivity index (χ1n) is 7.93. The van der Waals surface area contributed by atoms with Crippen molar-refractivity contribution in [1.29, 1.82) is 0 Å². The van der Waals surface area contributed by atoms with Gasteiger partial charge in [0, 0.05) is 12.6 Å². The molecule has 0 radical (unpaired) electrons. The maximum absolute atomic E-state index is 5.36. The van der Waals surface area contributed by atoms with E-state index in [0.29, 0.717) is 6.04 Å². The number of aryl methyl sites for hydroxylation is 1. The SMILES string of the molecule is S=C(NCCCCc1ccccc1)NC1CCCCC1. The predicted molar refractivity (Wildman–Crippen MR) is 90.0 cm³/mol. The van der Waals surface area contributed by atoms with E-state index in [-0.39, 0.29) is 0 Å². The van der Waals surface area contributed by atoms with Crippen LogP contribution in [0, 0.1) is 0 Å². The van der Waals surface area contributed by atoms with Gasteiger partial charge in [-0.05, 0) is 49.9 Å². The Kier molecular flexibility index (Phi) is 6.85. The number of hydrogen-bond donors (Lipinski definition) is 2. The molecule has 1 fully saturated rings. The van der Waals surface area contributed by atoms with Gasteiger partial charge in [0.05, 0.1) is 0 Å². The van der Waals surface area contributed by atoms with Gasteiger partial charge in [-0.3, -0.25) is 0 Å². The standard InChI is InChI=1S/C17H26N2S/c20-17(19-16-12-5-2-6-13-16)18-14-8-7-11-15-9-3-1-4-10-15/h1,3-4,9-10,16H,2,5-8,11-14H2,(H2,18,19,20). The topological polar surface area (TPSA) is 24.1 Å². The Morgan fingerprint density at radius 1 is 1.05 bits per heavy atom. The first kappa shape index (κ1) is 15.3. The van der Waals surface area contributed by atoms with Crippen molar-refractivity contribution >= 4 is 17.3 Å². The second-order valence-corrected chi connectivity index (χ2v) is 6.09. The van der Waals surface area contributed by atoms with Gasteiger partial charge in [0.2, 0.25) is 0 Å². The number of rotatable bonds is 6. The highest BCUT2D eigenvalue weighted by atomic mass is 32.1. The third-order valence-corrected chi connectivity index (χ3v) is 4.22. The fourth-order valence-corrected chi connectivity index (χ4v) is 3.05. The molecule has 0 spiro atoms. The van der Waals surface area contributed by atoms with Crippen LogP contribution in [-0.4, -0.2) is 17.7 Å². The van der Waals surface area contributed by atoms with Crippen molar-refractivity contribution in [3.05, 3.63) is 35.9 Å².